The maximum Gasteiger partial charge on any atom is 0.409 e. The van der Waals surface area contributed by atoms with Gasteiger partial charge in [-0.2, -0.15) is 0 Å². The minimum atomic E-state index is -0.575. The molecule has 1 aliphatic heterocycles. The highest BCUT2D eigenvalue weighted by Crippen LogP contribution is 2.25. The van der Waals surface area contributed by atoms with Gasteiger partial charge in [-0.05, 0) is 56.7 Å². The van der Waals surface area contributed by atoms with Crippen LogP contribution in [-0.4, -0.2) is 48.7 Å². The number of hydrogen-bond acceptors (Lipinski definition) is 4. The van der Waals surface area contributed by atoms with Crippen molar-refractivity contribution in [1.29, 1.82) is 0 Å². The molecule has 2 amide bonds. The maximum atomic E-state index is 12.5. The number of nitrogens with one attached hydrogen (secondary N) is 1. The SMILES string of the molecule is CCOC(=O)N1CCC(NC(=O)C(C)Oc2cc(C(C)C)ccc2C)CC1. The van der Waals surface area contributed by atoms with Crippen LogP contribution in [0.5, 0.6) is 5.75 Å². The van der Waals surface area contributed by atoms with Gasteiger partial charge in [-0.15, -0.1) is 0 Å². The van der Waals surface area contributed by atoms with E-state index in [1.807, 2.05) is 19.1 Å². The van der Waals surface area contributed by atoms with Crippen LogP contribution in [0, 0.1) is 6.92 Å². The Balaban J connectivity index is 1.86. The van der Waals surface area contributed by atoms with E-state index in [0.717, 1.165) is 24.2 Å². The van der Waals surface area contributed by atoms with Gasteiger partial charge in [-0.25, -0.2) is 4.79 Å². The van der Waals surface area contributed by atoms with Crippen LogP contribution in [0.1, 0.15) is 57.6 Å². The van der Waals surface area contributed by atoms with Gasteiger partial charge in [0.05, 0.1) is 6.61 Å². The summed E-state index contributed by atoms with van der Waals surface area (Å²) in [6.07, 6.45) is 0.590. The largest absolute Gasteiger partial charge is 0.481 e. The lowest BCUT2D eigenvalue weighted by Gasteiger charge is -2.32. The van der Waals surface area contributed by atoms with Gasteiger partial charge >= 0.3 is 6.09 Å². The number of hydrogen-bond donors (Lipinski definition) is 1. The van der Waals surface area contributed by atoms with Gasteiger partial charge in [-0.1, -0.05) is 26.0 Å². The molecule has 0 saturated carbocycles. The number of amides is 2. The van der Waals surface area contributed by atoms with Crippen molar-refractivity contribution in [3.63, 3.8) is 0 Å². The van der Waals surface area contributed by atoms with E-state index >= 15 is 0 Å². The van der Waals surface area contributed by atoms with E-state index in [2.05, 4.69) is 25.2 Å². The van der Waals surface area contributed by atoms with E-state index in [1.54, 1.807) is 18.7 Å². The van der Waals surface area contributed by atoms with E-state index in [4.69, 9.17) is 9.47 Å². The van der Waals surface area contributed by atoms with Crippen molar-refractivity contribution in [2.45, 2.75) is 65.5 Å². The minimum Gasteiger partial charge on any atom is -0.481 e. The lowest BCUT2D eigenvalue weighted by atomic mass is 10.0. The number of ether oxygens (including phenoxy) is 2. The molecule has 0 spiro atoms. The molecule has 1 aromatic carbocycles. The molecule has 0 aromatic heterocycles. The molecule has 0 bridgehead atoms. The summed E-state index contributed by atoms with van der Waals surface area (Å²) in [5.74, 6) is 1.03. The van der Waals surface area contributed by atoms with Gasteiger partial charge in [0.2, 0.25) is 0 Å². The highest BCUT2D eigenvalue weighted by Gasteiger charge is 2.26. The number of piperidine rings is 1. The first-order chi connectivity index (χ1) is 12.8. The van der Waals surface area contributed by atoms with Crippen LogP contribution < -0.4 is 10.1 Å². The third-order valence-corrected chi connectivity index (χ3v) is 4.92. The second-order valence-corrected chi connectivity index (χ2v) is 7.41. The highest BCUT2D eigenvalue weighted by atomic mass is 16.6. The average molecular weight is 376 g/mol. The number of likely N-dealkylation sites (tertiary alicyclic amines) is 1. The molecule has 6 heteroatoms. The molecule has 1 fully saturated rings. The standard InChI is InChI=1S/C21H32N2O4/c1-6-26-21(25)23-11-9-18(10-12-23)22-20(24)16(5)27-19-13-17(14(2)3)8-7-15(19)4/h7-8,13-14,16,18H,6,9-12H2,1-5H3,(H,22,24). The molecule has 1 aliphatic rings. The Labute approximate surface area is 162 Å². The van der Waals surface area contributed by atoms with Crippen molar-refractivity contribution in [3.05, 3.63) is 29.3 Å². The smallest absolute Gasteiger partial charge is 0.409 e. The Morgan fingerprint density at radius 2 is 1.89 bits per heavy atom. The predicted octanol–water partition coefficient (Wildman–Crippen LogP) is 3.62. The summed E-state index contributed by atoms with van der Waals surface area (Å²) in [6, 6.07) is 6.19. The van der Waals surface area contributed by atoms with Crippen LogP contribution >= 0.6 is 0 Å². The number of rotatable bonds is 6. The topological polar surface area (TPSA) is 67.9 Å². The third kappa shape index (κ3) is 5.88. The minimum absolute atomic E-state index is 0.0531. The molecule has 0 radical (unpaired) electrons. The van der Waals surface area contributed by atoms with Crippen LogP contribution in [-0.2, 0) is 9.53 Å². The fraction of sp³-hybridized carbons (Fsp3) is 0.619. The van der Waals surface area contributed by atoms with Gasteiger partial charge in [0, 0.05) is 19.1 Å². The molecule has 2 rings (SSSR count). The molecule has 150 valence electrons. The van der Waals surface area contributed by atoms with E-state index in [0.29, 0.717) is 25.6 Å². The van der Waals surface area contributed by atoms with Gasteiger partial charge in [0.15, 0.2) is 6.10 Å². The number of carbonyl (C=O) groups excluding carboxylic acids is 2. The van der Waals surface area contributed by atoms with E-state index in [1.165, 1.54) is 5.56 Å². The van der Waals surface area contributed by atoms with Crippen molar-refractivity contribution in [2.24, 2.45) is 0 Å². The Hall–Kier alpha value is -2.24. The van der Waals surface area contributed by atoms with E-state index in [-0.39, 0.29) is 18.0 Å². The molecule has 1 N–H and O–H groups in total. The van der Waals surface area contributed by atoms with Crippen molar-refractivity contribution < 1.29 is 19.1 Å². The Bertz CT molecular complexity index is 652. The zero-order chi connectivity index (χ0) is 20.0. The molecular formula is C21H32N2O4. The first-order valence-electron chi connectivity index (χ1n) is 9.81. The lowest BCUT2D eigenvalue weighted by molar-refractivity contribution is -0.128. The van der Waals surface area contributed by atoms with E-state index < -0.39 is 6.10 Å². The highest BCUT2D eigenvalue weighted by molar-refractivity contribution is 5.81. The van der Waals surface area contributed by atoms with Crippen LogP contribution in [0.15, 0.2) is 18.2 Å². The molecule has 1 aromatic rings. The molecule has 1 saturated heterocycles. The second-order valence-electron chi connectivity index (χ2n) is 7.41. The Kier molecular flexibility index (Phi) is 7.51. The monoisotopic (exact) mass is 376 g/mol. The van der Waals surface area contributed by atoms with Gasteiger partial charge < -0.3 is 19.7 Å². The zero-order valence-electron chi connectivity index (χ0n) is 17.1. The fourth-order valence-electron chi connectivity index (χ4n) is 3.09. The fourth-order valence-corrected chi connectivity index (χ4v) is 3.09. The lowest BCUT2D eigenvalue weighted by Crippen LogP contribution is -2.49. The number of aryl methyl sites for hydroxylation is 1. The van der Waals surface area contributed by atoms with Crippen molar-refractivity contribution in [2.75, 3.05) is 19.7 Å². The molecule has 6 nitrogen and oxygen atoms in total. The maximum absolute atomic E-state index is 12.5. The summed E-state index contributed by atoms with van der Waals surface area (Å²) in [5.41, 5.74) is 2.20. The average Bonchev–Trinajstić information content (AvgIpc) is 2.64. The summed E-state index contributed by atoms with van der Waals surface area (Å²) in [5, 5.41) is 3.04. The summed E-state index contributed by atoms with van der Waals surface area (Å²) in [4.78, 5) is 26.0. The summed E-state index contributed by atoms with van der Waals surface area (Å²) >= 11 is 0. The number of nitrogens with zero attached hydrogens (tertiary/aromatic N) is 1. The molecule has 0 aliphatic carbocycles. The zero-order valence-corrected chi connectivity index (χ0v) is 17.1. The molecule has 27 heavy (non-hydrogen) atoms. The summed E-state index contributed by atoms with van der Waals surface area (Å²) in [7, 11) is 0. The Morgan fingerprint density at radius 1 is 1.22 bits per heavy atom. The first kappa shape index (κ1) is 21.1. The van der Waals surface area contributed by atoms with Crippen molar-refractivity contribution in [3.8, 4) is 5.75 Å². The first-order valence-corrected chi connectivity index (χ1v) is 9.81. The van der Waals surface area contributed by atoms with E-state index in [9.17, 15) is 9.59 Å². The number of carbonyl (C=O) groups is 2. The second kappa shape index (κ2) is 9.62. The molecule has 1 unspecified atom stereocenters. The molecule has 1 heterocycles. The third-order valence-electron chi connectivity index (χ3n) is 4.92. The quantitative estimate of drug-likeness (QED) is 0.823. The molecular weight excluding hydrogens is 344 g/mol. The van der Waals surface area contributed by atoms with Crippen LogP contribution in [0.2, 0.25) is 0 Å². The van der Waals surface area contributed by atoms with Crippen molar-refractivity contribution in [1.82, 2.24) is 10.2 Å². The van der Waals surface area contributed by atoms with Gasteiger partial charge in [-0.3, -0.25) is 4.79 Å². The normalized spacial score (nSPS) is 16.1. The van der Waals surface area contributed by atoms with Crippen LogP contribution in [0.25, 0.3) is 0 Å². The van der Waals surface area contributed by atoms with Gasteiger partial charge in [0.1, 0.15) is 5.75 Å². The van der Waals surface area contributed by atoms with Crippen LogP contribution in [0.3, 0.4) is 0 Å². The summed E-state index contributed by atoms with van der Waals surface area (Å²) < 4.78 is 11.0. The molecule has 1 atom stereocenters. The Morgan fingerprint density at radius 3 is 2.48 bits per heavy atom. The van der Waals surface area contributed by atoms with Crippen molar-refractivity contribution >= 4 is 12.0 Å². The number of benzene rings is 1. The van der Waals surface area contributed by atoms with Crippen LogP contribution in [0.4, 0.5) is 4.79 Å². The summed E-state index contributed by atoms with van der Waals surface area (Å²) in [6.45, 7) is 11.4. The van der Waals surface area contributed by atoms with Gasteiger partial charge in [0.25, 0.3) is 5.91 Å². The predicted molar refractivity (Wildman–Crippen MR) is 105 cm³/mol.